The molecule has 0 aromatic heterocycles. The van der Waals surface area contributed by atoms with Crippen LogP contribution in [0.2, 0.25) is 0 Å². The van der Waals surface area contributed by atoms with Crippen molar-refractivity contribution in [3.8, 4) is 0 Å². The summed E-state index contributed by atoms with van der Waals surface area (Å²) in [6, 6.07) is 0. The molecule has 0 bridgehead atoms. The normalized spacial score (nSPS) is 25.2. The lowest BCUT2D eigenvalue weighted by Crippen LogP contribution is -2.36. The van der Waals surface area contributed by atoms with Gasteiger partial charge in [0.05, 0.1) is 26.4 Å². The van der Waals surface area contributed by atoms with Crippen molar-refractivity contribution >= 4 is 11.6 Å². The van der Waals surface area contributed by atoms with Crippen molar-refractivity contribution < 1.29 is 19.7 Å². The molecule has 35 heavy (non-hydrogen) atoms. The molecular weight excluding hydrogens is 468 g/mol. The minimum absolute atomic E-state index is 0.354. The Labute approximate surface area is 221 Å². The van der Waals surface area contributed by atoms with Crippen LogP contribution in [0.25, 0.3) is 0 Å². The second kappa shape index (κ2) is 27.0. The van der Waals surface area contributed by atoms with E-state index in [2.05, 4.69) is 34.3 Å². The monoisotopic (exact) mass is 524 g/mol. The molecule has 0 aliphatic carbocycles. The van der Waals surface area contributed by atoms with Crippen LogP contribution in [0.4, 0.5) is 0 Å². The lowest BCUT2D eigenvalue weighted by Gasteiger charge is -2.30. The Hall–Kier alpha value is -0.0300. The Morgan fingerprint density at radius 2 is 1.31 bits per heavy atom. The SMILES string of the molecule is C1COCCN1.CCCl.CCN1CCCC(CO)C1.CCN1CCOCC1.OCC1CCCNC1. The third-order valence-corrected chi connectivity index (χ3v) is 6.36. The number of morpholine rings is 2. The molecule has 4 N–H and O–H groups in total. The van der Waals surface area contributed by atoms with Crippen molar-refractivity contribution in [2.75, 3.05) is 111 Å². The maximum atomic E-state index is 8.88. The number of alkyl halides is 1. The second-order valence-electron chi connectivity index (χ2n) is 9.16. The Morgan fingerprint density at radius 1 is 0.743 bits per heavy atom. The van der Waals surface area contributed by atoms with E-state index in [9.17, 15) is 0 Å². The van der Waals surface area contributed by atoms with E-state index in [1.807, 2.05) is 6.92 Å². The van der Waals surface area contributed by atoms with E-state index in [0.29, 0.717) is 25.0 Å². The van der Waals surface area contributed by atoms with Gasteiger partial charge in [-0.15, -0.1) is 11.6 Å². The summed E-state index contributed by atoms with van der Waals surface area (Å²) in [7, 11) is 0. The van der Waals surface area contributed by atoms with Gasteiger partial charge >= 0.3 is 0 Å². The molecule has 0 spiro atoms. The minimum Gasteiger partial charge on any atom is -0.396 e. The zero-order valence-corrected chi connectivity index (χ0v) is 23.7. The van der Waals surface area contributed by atoms with E-state index in [-0.39, 0.29) is 0 Å². The summed E-state index contributed by atoms with van der Waals surface area (Å²) in [5.74, 6) is 1.80. The number of nitrogens with one attached hydrogen (secondary N) is 2. The van der Waals surface area contributed by atoms with Crippen LogP contribution in [0.3, 0.4) is 0 Å². The smallest absolute Gasteiger partial charge is 0.0594 e. The molecule has 0 aromatic carbocycles. The third-order valence-electron chi connectivity index (χ3n) is 6.36. The van der Waals surface area contributed by atoms with Gasteiger partial charge in [-0.05, 0) is 63.7 Å². The standard InChI is InChI=1S/C8H17NO.2C6H13NO.C4H9NO.C2H5Cl/c1-2-9-5-3-4-8(6-9)7-10;1-2-7-3-5-8-6-4-7;8-5-6-2-1-3-7-4-6;1-3-6-4-2-5-1;1-2-3/h8,10H,2-7H2,1H3;2-6H2,1H3;6-8H,1-5H2;5H,1-4H2;2H2,1H3. The number of nitrogens with zero attached hydrogens (tertiary/aromatic N) is 2. The van der Waals surface area contributed by atoms with E-state index in [1.54, 1.807) is 0 Å². The molecule has 0 saturated carbocycles. The van der Waals surface area contributed by atoms with E-state index in [0.717, 1.165) is 84.7 Å². The number of rotatable bonds is 4. The fraction of sp³-hybridized carbons (Fsp3) is 1.00. The molecule has 0 radical (unpaired) electrons. The second-order valence-corrected chi connectivity index (χ2v) is 9.69. The zero-order chi connectivity index (χ0) is 26.0. The summed E-state index contributed by atoms with van der Waals surface area (Å²) in [5, 5.41) is 23.9. The molecule has 2 unspecified atom stereocenters. The molecule has 0 aromatic rings. The van der Waals surface area contributed by atoms with Crippen molar-refractivity contribution in [2.24, 2.45) is 11.8 Å². The average Bonchev–Trinajstić information content (AvgIpc) is 2.96. The Morgan fingerprint density at radius 3 is 1.69 bits per heavy atom. The van der Waals surface area contributed by atoms with Gasteiger partial charge in [0.2, 0.25) is 0 Å². The van der Waals surface area contributed by atoms with Gasteiger partial charge in [-0.25, -0.2) is 0 Å². The molecule has 212 valence electrons. The summed E-state index contributed by atoms with van der Waals surface area (Å²) in [4.78, 5) is 4.80. The van der Waals surface area contributed by atoms with Crippen LogP contribution in [0, 0.1) is 11.8 Å². The van der Waals surface area contributed by atoms with Crippen LogP contribution < -0.4 is 10.6 Å². The van der Waals surface area contributed by atoms with E-state index >= 15 is 0 Å². The van der Waals surface area contributed by atoms with Crippen molar-refractivity contribution in [3.63, 3.8) is 0 Å². The average molecular weight is 525 g/mol. The van der Waals surface area contributed by atoms with Gasteiger partial charge in [-0.1, -0.05) is 20.8 Å². The van der Waals surface area contributed by atoms with Gasteiger partial charge in [0, 0.05) is 58.4 Å². The number of piperidine rings is 2. The van der Waals surface area contributed by atoms with Crippen LogP contribution in [-0.2, 0) is 9.47 Å². The molecule has 0 amide bonds. The van der Waals surface area contributed by atoms with Crippen LogP contribution in [0.5, 0.6) is 0 Å². The van der Waals surface area contributed by atoms with Crippen molar-refractivity contribution in [2.45, 2.75) is 46.5 Å². The molecule has 4 aliphatic heterocycles. The van der Waals surface area contributed by atoms with E-state index in [1.165, 1.54) is 38.8 Å². The minimum atomic E-state index is 0.354. The number of halogens is 1. The highest BCUT2D eigenvalue weighted by Gasteiger charge is 2.17. The summed E-state index contributed by atoms with van der Waals surface area (Å²) < 4.78 is 10.2. The molecule has 4 saturated heterocycles. The molecule has 8 nitrogen and oxygen atoms in total. The first-order valence-corrected chi connectivity index (χ1v) is 14.5. The number of aliphatic hydroxyl groups excluding tert-OH is 2. The van der Waals surface area contributed by atoms with Crippen molar-refractivity contribution in [1.29, 1.82) is 0 Å². The highest BCUT2D eigenvalue weighted by Crippen LogP contribution is 2.14. The number of ether oxygens (including phenoxy) is 2. The van der Waals surface area contributed by atoms with Crippen molar-refractivity contribution in [1.82, 2.24) is 20.4 Å². The molecular formula is C26H57ClN4O4. The fourth-order valence-corrected chi connectivity index (χ4v) is 4.10. The van der Waals surface area contributed by atoms with E-state index < -0.39 is 0 Å². The maximum Gasteiger partial charge on any atom is 0.0594 e. The predicted molar refractivity (Wildman–Crippen MR) is 148 cm³/mol. The van der Waals surface area contributed by atoms with Gasteiger partial charge in [-0.2, -0.15) is 0 Å². The Balaban J connectivity index is 0.000000429. The number of hydrogen-bond acceptors (Lipinski definition) is 8. The largest absolute Gasteiger partial charge is 0.396 e. The molecule has 2 atom stereocenters. The molecule has 9 heteroatoms. The molecule has 4 aliphatic rings. The van der Waals surface area contributed by atoms with Crippen molar-refractivity contribution in [3.05, 3.63) is 0 Å². The quantitative estimate of drug-likeness (QED) is 0.415. The highest BCUT2D eigenvalue weighted by atomic mass is 35.5. The fourth-order valence-electron chi connectivity index (χ4n) is 4.10. The zero-order valence-electron chi connectivity index (χ0n) is 23.0. The topological polar surface area (TPSA) is 89.5 Å². The van der Waals surface area contributed by atoms with Crippen LogP contribution in [-0.4, -0.2) is 131 Å². The maximum absolute atomic E-state index is 8.88. The van der Waals surface area contributed by atoms with Crippen LogP contribution in [0.1, 0.15) is 46.5 Å². The first kappa shape index (κ1) is 35.0. The first-order chi connectivity index (χ1) is 17.1. The van der Waals surface area contributed by atoms with Gasteiger partial charge < -0.3 is 35.2 Å². The van der Waals surface area contributed by atoms with Gasteiger partial charge in [0.1, 0.15) is 0 Å². The molecule has 4 rings (SSSR count). The number of likely N-dealkylation sites (N-methyl/N-ethyl adjacent to an activating group) is 1. The molecule has 4 fully saturated rings. The summed E-state index contributed by atoms with van der Waals surface area (Å²) in [5.41, 5.74) is 0. The number of hydrogen-bond donors (Lipinski definition) is 4. The lowest BCUT2D eigenvalue weighted by atomic mass is 9.99. The number of aliphatic hydroxyl groups is 2. The first-order valence-electron chi connectivity index (χ1n) is 13.9. The lowest BCUT2D eigenvalue weighted by molar-refractivity contribution is 0.0405. The summed E-state index contributed by atoms with van der Waals surface area (Å²) in [6.45, 7) is 21.7. The predicted octanol–water partition coefficient (Wildman–Crippen LogP) is 1.88. The highest BCUT2D eigenvalue weighted by molar-refractivity contribution is 6.17. The van der Waals surface area contributed by atoms with Crippen LogP contribution in [0.15, 0.2) is 0 Å². The summed E-state index contributed by atoms with van der Waals surface area (Å²) in [6.07, 6.45) is 4.90. The van der Waals surface area contributed by atoms with Gasteiger partial charge in [0.15, 0.2) is 0 Å². The number of likely N-dealkylation sites (tertiary alicyclic amines) is 1. The van der Waals surface area contributed by atoms with Gasteiger partial charge in [0.25, 0.3) is 0 Å². The Bertz CT molecular complexity index is 371. The third kappa shape index (κ3) is 21.7. The Kier molecular flexibility index (Phi) is 27.0. The van der Waals surface area contributed by atoms with E-state index in [4.69, 9.17) is 31.3 Å². The van der Waals surface area contributed by atoms with Crippen LogP contribution >= 0.6 is 11.6 Å². The molecule has 4 heterocycles. The van der Waals surface area contributed by atoms with Gasteiger partial charge in [-0.3, -0.25) is 4.90 Å². The summed E-state index contributed by atoms with van der Waals surface area (Å²) >= 11 is 5.00.